The van der Waals surface area contributed by atoms with Gasteiger partial charge in [0, 0.05) is 5.39 Å². The number of carbonyl (C=O) groups is 3. The van der Waals surface area contributed by atoms with Crippen LogP contribution in [0.4, 0.5) is 0 Å². The van der Waals surface area contributed by atoms with E-state index in [2.05, 4.69) is 15.6 Å². The minimum absolute atomic E-state index is 0.268. The van der Waals surface area contributed by atoms with Crippen molar-refractivity contribution in [2.24, 2.45) is 0 Å². The van der Waals surface area contributed by atoms with Crippen LogP contribution in [0.3, 0.4) is 0 Å². The van der Waals surface area contributed by atoms with Gasteiger partial charge in [0.2, 0.25) is 5.91 Å². The van der Waals surface area contributed by atoms with Crippen molar-refractivity contribution in [3.63, 3.8) is 0 Å². The van der Waals surface area contributed by atoms with Crippen molar-refractivity contribution in [3.05, 3.63) is 35.0 Å². The number of carboxylic acids is 1. The van der Waals surface area contributed by atoms with E-state index in [-0.39, 0.29) is 12.2 Å². The summed E-state index contributed by atoms with van der Waals surface area (Å²) in [7, 11) is 0. The quantitative estimate of drug-likeness (QED) is 0.653. The van der Waals surface area contributed by atoms with Crippen LogP contribution in [0.15, 0.2) is 24.3 Å². The Morgan fingerprint density at radius 2 is 1.95 bits per heavy atom. The number of fused-ring (bicyclic) bond motifs is 1. The minimum atomic E-state index is -1.15. The summed E-state index contributed by atoms with van der Waals surface area (Å²) in [4.78, 5) is 36.3. The number of hydrogen-bond acceptors (Lipinski definition) is 3. The number of nitrogens with one attached hydrogen (secondary N) is 3. The van der Waals surface area contributed by atoms with Crippen LogP contribution in [0.1, 0.15) is 10.5 Å². The van der Waals surface area contributed by atoms with Crippen LogP contribution in [0.2, 0.25) is 5.02 Å². The zero-order chi connectivity index (χ0) is 15.4. The van der Waals surface area contributed by atoms with Crippen LogP contribution < -0.4 is 10.6 Å². The first-order chi connectivity index (χ1) is 9.97. The molecule has 4 N–H and O–H groups in total. The SMILES string of the molecule is O=C(O)CNC(=O)CNC(=O)c1cc2cccc(Cl)c2[nH]1. The lowest BCUT2D eigenvalue weighted by molar-refractivity contribution is -0.137. The first-order valence-electron chi connectivity index (χ1n) is 6.01. The number of aromatic amines is 1. The number of rotatable bonds is 5. The number of carboxylic acid groups (broad SMARTS) is 1. The molecule has 0 saturated carbocycles. The van der Waals surface area contributed by atoms with Crippen LogP contribution in [0.5, 0.6) is 0 Å². The first kappa shape index (κ1) is 14.9. The Morgan fingerprint density at radius 1 is 1.19 bits per heavy atom. The second kappa shape index (κ2) is 6.27. The Kier molecular flexibility index (Phi) is 4.44. The molecule has 0 atom stereocenters. The summed E-state index contributed by atoms with van der Waals surface area (Å²) in [5.74, 6) is -2.22. The van der Waals surface area contributed by atoms with E-state index >= 15 is 0 Å². The molecule has 7 nitrogen and oxygen atoms in total. The van der Waals surface area contributed by atoms with E-state index in [1.54, 1.807) is 24.3 Å². The summed E-state index contributed by atoms with van der Waals surface area (Å²) in [5, 5.41) is 14.2. The lowest BCUT2D eigenvalue weighted by Crippen LogP contribution is -2.39. The summed E-state index contributed by atoms with van der Waals surface area (Å²) >= 11 is 5.99. The lowest BCUT2D eigenvalue weighted by Gasteiger charge is -2.03. The van der Waals surface area contributed by atoms with Crippen molar-refractivity contribution in [2.75, 3.05) is 13.1 Å². The molecule has 1 heterocycles. The topological polar surface area (TPSA) is 111 Å². The Bertz CT molecular complexity index is 711. The summed E-state index contributed by atoms with van der Waals surface area (Å²) in [5.41, 5.74) is 0.906. The van der Waals surface area contributed by atoms with Gasteiger partial charge in [0.15, 0.2) is 0 Å². The molecule has 0 spiro atoms. The molecule has 8 heteroatoms. The molecular formula is C13H12ClN3O4. The average molecular weight is 310 g/mol. The molecule has 21 heavy (non-hydrogen) atoms. The average Bonchev–Trinajstić information content (AvgIpc) is 2.88. The Morgan fingerprint density at radius 3 is 2.62 bits per heavy atom. The van der Waals surface area contributed by atoms with Crippen molar-refractivity contribution in [3.8, 4) is 0 Å². The molecule has 0 radical (unpaired) electrons. The highest BCUT2D eigenvalue weighted by atomic mass is 35.5. The van der Waals surface area contributed by atoms with Gasteiger partial charge in [0.25, 0.3) is 5.91 Å². The molecule has 2 rings (SSSR count). The predicted molar refractivity (Wildman–Crippen MR) is 76.3 cm³/mol. The van der Waals surface area contributed by atoms with Crippen molar-refractivity contribution >= 4 is 40.3 Å². The first-order valence-corrected chi connectivity index (χ1v) is 6.39. The van der Waals surface area contributed by atoms with E-state index in [1.165, 1.54) is 0 Å². The third kappa shape index (κ3) is 3.73. The number of hydrogen-bond donors (Lipinski definition) is 4. The number of aromatic nitrogens is 1. The molecule has 110 valence electrons. The second-order valence-electron chi connectivity index (χ2n) is 4.24. The molecule has 0 bridgehead atoms. The van der Waals surface area contributed by atoms with Crippen molar-refractivity contribution in [1.82, 2.24) is 15.6 Å². The van der Waals surface area contributed by atoms with Gasteiger partial charge in [0.05, 0.1) is 17.1 Å². The predicted octanol–water partition coefficient (Wildman–Crippen LogP) is 0.752. The number of carbonyl (C=O) groups excluding carboxylic acids is 2. The van der Waals surface area contributed by atoms with Gasteiger partial charge >= 0.3 is 5.97 Å². The molecule has 0 aliphatic rings. The van der Waals surface area contributed by atoms with E-state index < -0.39 is 24.3 Å². The van der Waals surface area contributed by atoms with E-state index in [9.17, 15) is 14.4 Å². The fourth-order valence-electron chi connectivity index (χ4n) is 1.73. The Hall–Kier alpha value is -2.54. The largest absolute Gasteiger partial charge is 0.480 e. The lowest BCUT2D eigenvalue weighted by atomic mass is 10.2. The van der Waals surface area contributed by atoms with Crippen molar-refractivity contribution in [1.29, 1.82) is 0 Å². The number of para-hydroxylation sites is 1. The Labute approximate surface area is 124 Å². The molecule has 0 saturated heterocycles. The van der Waals surface area contributed by atoms with Crippen LogP contribution >= 0.6 is 11.6 Å². The third-order valence-corrected chi connectivity index (χ3v) is 3.01. The summed E-state index contributed by atoms with van der Waals surface area (Å²) in [6.07, 6.45) is 0. The smallest absolute Gasteiger partial charge is 0.322 e. The molecule has 0 aliphatic heterocycles. The highest BCUT2D eigenvalue weighted by Gasteiger charge is 2.12. The number of H-pyrrole nitrogens is 1. The molecule has 0 aliphatic carbocycles. The van der Waals surface area contributed by atoms with Crippen LogP contribution in [0, 0.1) is 0 Å². The molecule has 2 amide bonds. The van der Waals surface area contributed by atoms with Crippen LogP contribution in [0.25, 0.3) is 10.9 Å². The maximum absolute atomic E-state index is 11.9. The third-order valence-electron chi connectivity index (χ3n) is 2.70. The number of amides is 2. The van der Waals surface area contributed by atoms with Gasteiger partial charge < -0.3 is 20.7 Å². The van der Waals surface area contributed by atoms with Crippen molar-refractivity contribution < 1.29 is 19.5 Å². The van der Waals surface area contributed by atoms with Gasteiger partial charge in [-0.2, -0.15) is 0 Å². The van der Waals surface area contributed by atoms with E-state index in [0.29, 0.717) is 10.5 Å². The molecule has 0 fully saturated rings. The second-order valence-corrected chi connectivity index (χ2v) is 4.65. The minimum Gasteiger partial charge on any atom is -0.480 e. The fourth-order valence-corrected chi connectivity index (χ4v) is 1.96. The molecule has 0 unspecified atom stereocenters. The summed E-state index contributed by atoms with van der Waals surface area (Å²) in [6.45, 7) is -0.800. The summed E-state index contributed by atoms with van der Waals surface area (Å²) in [6, 6.07) is 6.88. The number of aliphatic carboxylic acids is 1. The highest BCUT2D eigenvalue weighted by molar-refractivity contribution is 6.35. The molecule has 1 aromatic carbocycles. The molecule has 2 aromatic rings. The Balaban J connectivity index is 1.97. The zero-order valence-corrected chi connectivity index (χ0v) is 11.5. The maximum atomic E-state index is 11.9. The van der Waals surface area contributed by atoms with E-state index in [4.69, 9.17) is 16.7 Å². The maximum Gasteiger partial charge on any atom is 0.322 e. The molecule has 1 aromatic heterocycles. The normalized spacial score (nSPS) is 10.3. The van der Waals surface area contributed by atoms with E-state index in [1.807, 2.05) is 0 Å². The van der Waals surface area contributed by atoms with Gasteiger partial charge in [-0.25, -0.2) is 0 Å². The van der Waals surface area contributed by atoms with Gasteiger partial charge in [-0.05, 0) is 12.1 Å². The highest BCUT2D eigenvalue weighted by Crippen LogP contribution is 2.23. The van der Waals surface area contributed by atoms with Crippen LogP contribution in [-0.4, -0.2) is 41.0 Å². The molecular weight excluding hydrogens is 298 g/mol. The van der Waals surface area contributed by atoms with Gasteiger partial charge in [0.1, 0.15) is 12.2 Å². The zero-order valence-electron chi connectivity index (χ0n) is 10.8. The number of benzene rings is 1. The van der Waals surface area contributed by atoms with Gasteiger partial charge in [-0.15, -0.1) is 0 Å². The summed E-state index contributed by atoms with van der Waals surface area (Å²) < 4.78 is 0. The van der Waals surface area contributed by atoms with Gasteiger partial charge in [-0.1, -0.05) is 23.7 Å². The van der Waals surface area contributed by atoms with Gasteiger partial charge in [-0.3, -0.25) is 14.4 Å². The monoisotopic (exact) mass is 309 g/mol. The number of halogens is 1. The van der Waals surface area contributed by atoms with Crippen LogP contribution in [-0.2, 0) is 9.59 Å². The standard InChI is InChI=1S/C13H12ClN3O4/c14-8-3-1-2-7-4-9(17-12(7)8)13(21)16-5-10(18)15-6-11(19)20/h1-4,17H,5-6H2,(H,15,18)(H,16,21)(H,19,20). The van der Waals surface area contributed by atoms with E-state index in [0.717, 1.165) is 5.39 Å². The fraction of sp³-hybridized carbons (Fsp3) is 0.154. The van der Waals surface area contributed by atoms with Crippen molar-refractivity contribution in [2.45, 2.75) is 0 Å².